The van der Waals surface area contributed by atoms with Gasteiger partial charge in [-0.3, -0.25) is 4.79 Å². The third-order valence-corrected chi connectivity index (χ3v) is 4.15. The van der Waals surface area contributed by atoms with E-state index in [-0.39, 0.29) is 11.4 Å². The van der Waals surface area contributed by atoms with Crippen LogP contribution >= 0.6 is 12.2 Å². The number of hydrogen-bond acceptors (Lipinski definition) is 4. The number of carbonyl (C=O) groups is 1. The molecule has 2 rings (SSSR count). The maximum absolute atomic E-state index is 12.0. The molecule has 1 amide bonds. The number of amides is 1. The Morgan fingerprint density at radius 1 is 1.24 bits per heavy atom. The van der Waals surface area contributed by atoms with Crippen LogP contribution in [0.1, 0.15) is 31.9 Å². The van der Waals surface area contributed by atoms with Crippen LogP contribution < -0.4 is 10.2 Å². The van der Waals surface area contributed by atoms with Crippen molar-refractivity contribution in [1.29, 1.82) is 0 Å². The number of aromatic nitrogens is 4. The minimum Gasteiger partial charge on any atom is -0.347 e. The van der Waals surface area contributed by atoms with E-state index in [2.05, 4.69) is 29.6 Å². The van der Waals surface area contributed by atoms with Crippen LogP contribution in [0.5, 0.6) is 0 Å². The highest BCUT2D eigenvalue weighted by Crippen LogP contribution is 2.13. The fourth-order valence-corrected chi connectivity index (χ4v) is 2.68. The van der Waals surface area contributed by atoms with E-state index >= 15 is 0 Å². The molecule has 136 valence electrons. The first kappa shape index (κ1) is 19.3. The molecular weight excluding hydrogens is 336 g/mol. The number of nitrogens with one attached hydrogen (secondary N) is 2. The van der Waals surface area contributed by atoms with Crippen LogP contribution in [0.2, 0.25) is 0 Å². The van der Waals surface area contributed by atoms with E-state index in [1.54, 1.807) is 9.36 Å². The molecule has 25 heavy (non-hydrogen) atoms. The minimum atomic E-state index is -0.236. The van der Waals surface area contributed by atoms with Gasteiger partial charge in [0, 0.05) is 5.54 Å². The zero-order valence-electron chi connectivity index (χ0n) is 15.8. The molecule has 1 unspecified atom stereocenters. The molecule has 0 aliphatic heterocycles. The van der Waals surface area contributed by atoms with Gasteiger partial charge in [-0.05, 0) is 80.5 Å². The van der Waals surface area contributed by atoms with Crippen molar-refractivity contribution >= 4 is 18.1 Å². The van der Waals surface area contributed by atoms with Crippen molar-refractivity contribution in [2.45, 2.75) is 46.8 Å². The van der Waals surface area contributed by atoms with Crippen molar-refractivity contribution in [1.82, 2.24) is 25.1 Å². The van der Waals surface area contributed by atoms with Gasteiger partial charge >= 0.3 is 0 Å². The third-order valence-electron chi connectivity index (χ3n) is 3.77. The van der Waals surface area contributed by atoms with Gasteiger partial charge in [-0.1, -0.05) is 6.07 Å². The number of nitrogens with zero attached hydrogens (tertiary/aromatic N) is 4. The normalized spacial score (nSPS) is 12.9. The van der Waals surface area contributed by atoms with Gasteiger partial charge in [0.25, 0.3) is 5.91 Å². The zero-order chi connectivity index (χ0) is 18.8. The largest absolute Gasteiger partial charge is 0.347 e. The van der Waals surface area contributed by atoms with E-state index in [0.717, 1.165) is 10.6 Å². The number of carbonyl (C=O) groups excluding carboxylic acids is 1. The average molecular weight is 364 g/mol. The topological polar surface area (TPSA) is 69.2 Å². The molecule has 0 bridgehead atoms. The van der Waals surface area contributed by atoms with E-state index in [1.165, 1.54) is 11.1 Å². The number of quaternary nitrogens is 1. The highest BCUT2D eigenvalue weighted by molar-refractivity contribution is 7.71. The zero-order valence-corrected chi connectivity index (χ0v) is 16.6. The van der Waals surface area contributed by atoms with Crippen LogP contribution in [0, 0.1) is 18.6 Å². The molecule has 0 fully saturated rings. The summed E-state index contributed by atoms with van der Waals surface area (Å²) in [6, 6.07) is 6.06. The first-order valence-electron chi connectivity index (χ1n) is 8.29. The second kappa shape index (κ2) is 7.45. The summed E-state index contributed by atoms with van der Waals surface area (Å²) < 4.78 is 3.80. The van der Waals surface area contributed by atoms with Crippen molar-refractivity contribution in [2.75, 3.05) is 13.6 Å². The lowest BCUT2D eigenvalue weighted by Gasteiger charge is -2.21. The molecule has 0 aliphatic carbocycles. The molecule has 1 heterocycles. The molecule has 0 spiro atoms. The Balaban J connectivity index is 2.09. The smallest absolute Gasteiger partial charge is 0.275 e. The number of rotatable bonds is 5. The first-order chi connectivity index (χ1) is 11.6. The van der Waals surface area contributed by atoms with Gasteiger partial charge in [-0.2, -0.15) is 9.36 Å². The molecular formula is C17H27N6OS+. The van der Waals surface area contributed by atoms with Crippen molar-refractivity contribution in [3.05, 3.63) is 34.1 Å². The average Bonchev–Trinajstić information content (AvgIpc) is 2.81. The maximum atomic E-state index is 12.0. The van der Waals surface area contributed by atoms with E-state index in [0.29, 0.717) is 18.0 Å². The molecule has 1 aromatic carbocycles. The van der Waals surface area contributed by atoms with Crippen LogP contribution in [0.15, 0.2) is 18.2 Å². The van der Waals surface area contributed by atoms with Crippen molar-refractivity contribution < 1.29 is 9.69 Å². The Labute approximate surface area is 153 Å². The van der Waals surface area contributed by atoms with E-state index in [4.69, 9.17) is 12.2 Å². The standard InChI is InChI=1S/C17H26N6OS/c1-12-7-8-14(9-13(12)2)23-16(25)22(19-20-23)11-21(6)10-15(24)18-17(3,4)5/h7-9H,10-11H2,1-6H3,(H,18,24)/p+1. The van der Waals surface area contributed by atoms with Crippen molar-refractivity contribution in [3.63, 3.8) is 0 Å². The Bertz CT molecular complexity index is 817. The van der Waals surface area contributed by atoms with Gasteiger partial charge in [0.05, 0.1) is 12.7 Å². The monoisotopic (exact) mass is 363 g/mol. The Morgan fingerprint density at radius 3 is 2.52 bits per heavy atom. The Hall–Kier alpha value is -2.06. The second-order valence-corrected chi connectivity index (χ2v) is 7.90. The third kappa shape index (κ3) is 5.20. The Kier molecular flexibility index (Phi) is 5.74. The van der Waals surface area contributed by atoms with E-state index in [9.17, 15) is 4.79 Å². The molecule has 1 atom stereocenters. The summed E-state index contributed by atoms with van der Waals surface area (Å²) in [6.07, 6.45) is 0. The van der Waals surface area contributed by atoms with Gasteiger partial charge in [0.15, 0.2) is 13.2 Å². The minimum absolute atomic E-state index is 0.00179. The Morgan fingerprint density at radius 2 is 1.92 bits per heavy atom. The lowest BCUT2D eigenvalue weighted by Crippen LogP contribution is -3.09. The molecule has 0 aliphatic rings. The predicted octanol–water partition coefficient (Wildman–Crippen LogP) is 0.802. The van der Waals surface area contributed by atoms with Crippen LogP contribution in [-0.2, 0) is 11.5 Å². The van der Waals surface area contributed by atoms with Crippen LogP contribution in [0.25, 0.3) is 5.69 Å². The van der Waals surface area contributed by atoms with E-state index < -0.39 is 0 Å². The summed E-state index contributed by atoms with van der Waals surface area (Å²) in [5, 5.41) is 11.3. The summed E-state index contributed by atoms with van der Waals surface area (Å²) in [4.78, 5) is 13.0. The highest BCUT2D eigenvalue weighted by Gasteiger charge is 2.18. The molecule has 2 aromatic rings. The van der Waals surface area contributed by atoms with Gasteiger partial charge < -0.3 is 10.2 Å². The molecule has 0 radical (unpaired) electrons. The van der Waals surface area contributed by atoms with E-state index in [1.807, 2.05) is 46.0 Å². The van der Waals surface area contributed by atoms with Gasteiger partial charge in [0.1, 0.15) is 0 Å². The summed E-state index contributed by atoms with van der Waals surface area (Å²) in [6.45, 7) is 10.8. The summed E-state index contributed by atoms with van der Waals surface area (Å²) in [7, 11) is 1.93. The van der Waals surface area contributed by atoms with Crippen LogP contribution in [-0.4, -0.2) is 44.8 Å². The molecule has 8 heteroatoms. The number of likely N-dealkylation sites (N-methyl/N-ethyl adjacent to an activating group) is 1. The van der Waals surface area contributed by atoms with Gasteiger partial charge in [0.2, 0.25) is 4.77 Å². The number of hydrogen-bond donors (Lipinski definition) is 2. The maximum Gasteiger partial charge on any atom is 0.275 e. The number of tetrazole rings is 1. The van der Waals surface area contributed by atoms with Crippen LogP contribution in [0.3, 0.4) is 0 Å². The molecule has 2 N–H and O–H groups in total. The SMILES string of the molecule is Cc1ccc(-n2nnn(C[NH+](C)CC(=O)NC(C)(C)C)c2=S)cc1C. The number of benzene rings is 1. The van der Waals surface area contributed by atoms with Crippen molar-refractivity contribution in [2.24, 2.45) is 0 Å². The summed E-state index contributed by atoms with van der Waals surface area (Å²) >= 11 is 5.49. The summed E-state index contributed by atoms with van der Waals surface area (Å²) in [5.41, 5.74) is 3.05. The van der Waals surface area contributed by atoms with Crippen LogP contribution in [0.4, 0.5) is 0 Å². The number of aryl methyl sites for hydroxylation is 2. The quantitative estimate of drug-likeness (QED) is 0.771. The molecule has 0 saturated carbocycles. The highest BCUT2D eigenvalue weighted by atomic mass is 32.1. The van der Waals surface area contributed by atoms with Crippen molar-refractivity contribution in [3.8, 4) is 5.69 Å². The lowest BCUT2D eigenvalue weighted by atomic mass is 10.1. The lowest BCUT2D eigenvalue weighted by molar-refractivity contribution is -0.895. The van der Waals surface area contributed by atoms with Gasteiger partial charge in [-0.15, -0.1) is 0 Å². The predicted molar refractivity (Wildman–Crippen MR) is 99.3 cm³/mol. The van der Waals surface area contributed by atoms with Gasteiger partial charge in [-0.25, -0.2) is 0 Å². The molecule has 1 aromatic heterocycles. The molecule has 7 nitrogen and oxygen atoms in total. The fourth-order valence-electron chi connectivity index (χ4n) is 2.44. The first-order valence-corrected chi connectivity index (χ1v) is 8.70. The second-order valence-electron chi connectivity index (χ2n) is 7.53. The molecule has 0 saturated heterocycles. The fraction of sp³-hybridized carbons (Fsp3) is 0.529. The summed E-state index contributed by atoms with van der Waals surface area (Å²) in [5.74, 6) is -0.00179.